The maximum atomic E-state index is 10.9. The molecule has 0 spiro atoms. The Kier molecular flexibility index (Phi) is 2.91. The van der Waals surface area contributed by atoms with E-state index in [2.05, 4.69) is 15.3 Å². The van der Waals surface area contributed by atoms with Crippen molar-refractivity contribution in [2.45, 2.75) is 12.8 Å². The number of rotatable bonds is 2. The van der Waals surface area contributed by atoms with Crippen molar-refractivity contribution in [3.8, 4) is 0 Å². The van der Waals surface area contributed by atoms with Gasteiger partial charge in [-0.05, 0) is 36.5 Å². The number of piperidine rings is 1. The highest BCUT2D eigenvalue weighted by atomic mass is 32.1. The van der Waals surface area contributed by atoms with Crippen molar-refractivity contribution in [3.05, 3.63) is 24.3 Å². The fraction of sp³-hybridized carbons (Fsp3) is 0.385. The lowest BCUT2D eigenvalue weighted by molar-refractivity contribution is -0.142. The average Bonchev–Trinajstić information content (AvgIpc) is 2.82. The van der Waals surface area contributed by atoms with Crippen LogP contribution in [0.15, 0.2) is 24.3 Å². The van der Waals surface area contributed by atoms with Gasteiger partial charge in [-0.2, -0.15) is 4.37 Å². The molecule has 1 saturated heterocycles. The summed E-state index contributed by atoms with van der Waals surface area (Å²) in [4.78, 5) is 13.2. The van der Waals surface area contributed by atoms with Crippen molar-refractivity contribution in [2.75, 3.05) is 18.0 Å². The zero-order valence-electron chi connectivity index (χ0n) is 9.87. The van der Waals surface area contributed by atoms with Crippen LogP contribution in [0.3, 0.4) is 0 Å². The zero-order chi connectivity index (χ0) is 12.5. The van der Waals surface area contributed by atoms with Crippen LogP contribution < -0.4 is 4.90 Å². The lowest BCUT2D eigenvalue weighted by Gasteiger charge is -2.30. The van der Waals surface area contributed by atoms with E-state index in [-0.39, 0.29) is 5.92 Å². The van der Waals surface area contributed by atoms with E-state index in [9.17, 15) is 4.79 Å². The lowest BCUT2D eigenvalue weighted by Crippen LogP contribution is -2.35. The molecule has 1 aromatic heterocycles. The highest BCUT2D eigenvalue weighted by molar-refractivity contribution is 7.11. The molecule has 18 heavy (non-hydrogen) atoms. The number of carboxylic acid groups (broad SMARTS) is 1. The van der Waals surface area contributed by atoms with Gasteiger partial charge in [0, 0.05) is 18.5 Å². The van der Waals surface area contributed by atoms with Gasteiger partial charge in [0.25, 0.3) is 0 Å². The van der Waals surface area contributed by atoms with Gasteiger partial charge < -0.3 is 10.0 Å². The van der Waals surface area contributed by atoms with Crippen molar-refractivity contribution >= 4 is 33.4 Å². The third-order valence-corrected chi connectivity index (χ3v) is 4.44. The number of hydrogen-bond donors (Lipinski definition) is 1. The van der Waals surface area contributed by atoms with Gasteiger partial charge >= 0.3 is 5.97 Å². The Balaban J connectivity index is 1.82. The molecule has 0 atom stereocenters. The van der Waals surface area contributed by atoms with Crippen LogP contribution in [0.2, 0.25) is 0 Å². The molecule has 1 fully saturated rings. The lowest BCUT2D eigenvalue weighted by atomic mass is 9.97. The highest BCUT2D eigenvalue weighted by Crippen LogP contribution is 2.33. The molecule has 0 saturated carbocycles. The molecule has 4 nitrogen and oxygen atoms in total. The van der Waals surface area contributed by atoms with E-state index in [0.717, 1.165) is 31.4 Å². The average molecular weight is 262 g/mol. The molecule has 2 aromatic rings. The van der Waals surface area contributed by atoms with Gasteiger partial charge in [0.05, 0.1) is 11.4 Å². The number of carbonyl (C=O) groups is 1. The molecular formula is C13H14N2O2S. The van der Waals surface area contributed by atoms with Crippen LogP contribution in [0.5, 0.6) is 0 Å². The molecule has 1 aliphatic heterocycles. The van der Waals surface area contributed by atoms with Gasteiger partial charge in [0.2, 0.25) is 0 Å². The minimum Gasteiger partial charge on any atom is -0.481 e. The minimum absolute atomic E-state index is 0.180. The quantitative estimate of drug-likeness (QED) is 0.904. The van der Waals surface area contributed by atoms with Crippen LogP contribution in [0.4, 0.5) is 5.00 Å². The Hall–Kier alpha value is -1.62. The van der Waals surface area contributed by atoms with E-state index < -0.39 is 5.97 Å². The summed E-state index contributed by atoms with van der Waals surface area (Å²) in [5.41, 5.74) is 1.03. The Morgan fingerprint density at radius 2 is 2.06 bits per heavy atom. The second-order valence-electron chi connectivity index (χ2n) is 4.60. The van der Waals surface area contributed by atoms with E-state index in [4.69, 9.17) is 5.11 Å². The molecule has 94 valence electrons. The number of aromatic nitrogens is 1. The third-order valence-electron chi connectivity index (χ3n) is 3.50. The zero-order valence-corrected chi connectivity index (χ0v) is 10.7. The van der Waals surface area contributed by atoms with Crippen LogP contribution in [-0.2, 0) is 4.79 Å². The number of fused-ring (bicyclic) bond motifs is 1. The summed E-state index contributed by atoms with van der Waals surface area (Å²) in [6.07, 6.45) is 1.45. The first-order valence-corrected chi connectivity index (χ1v) is 6.85. The summed E-state index contributed by atoms with van der Waals surface area (Å²) in [5, 5.41) is 11.4. The Labute approximate surface area is 109 Å². The number of benzene rings is 1. The van der Waals surface area contributed by atoms with Gasteiger partial charge in [-0.3, -0.25) is 4.79 Å². The standard InChI is InChI=1S/C13H14N2O2S/c16-13(17)9-5-7-15(8-6-9)12-10-3-1-2-4-11(10)14-18-12/h1-4,9H,5-8H2,(H,16,17). The molecule has 0 amide bonds. The molecule has 0 radical (unpaired) electrons. The number of hydrogen-bond acceptors (Lipinski definition) is 4. The summed E-state index contributed by atoms with van der Waals surface area (Å²) in [7, 11) is 0. The normalized spacial score (nSPS) is 17.2. The van der Waals surface area contributed by atoms with E-state index in [1.54, 1.807) is 0 Å². The predicted octanol–water partition coefficient (Wildman–Crippen LogP) is 2.60. The maximum absolute atomic E-state index is 10.9. The first-order chi connectivity index (χ1) is 8.75. The summed E-state index contributed by atoms with van der Waals surface area (Å²) in [6, 6.07) is 8.10. The van der Waals surface area contributed by atoms with Gasteiger partial charge in [-0.1, -0.05) is 12.1 Å². The predicted molar refractivity (Wildman–Crippen MR) is 72.2 cm³/mol. The molecule has 0 unspecified atom stereocenters. The fourth-order valence-electron chi connectivity index (χ4n) is 2.43. The first kappa shape index (κ1) is 11.5. The SMILES string of the molecule is O=C(O)C1CCN(c2snc3ccccc23)CC1. The van der Waals surface area contributed by atoms with Gasteiger partial charge in [-0.25, -0.2) is 0 Å². The van der Waals surface area contributed by atoms with Crippen LogP contribution >= 0.6 is 11.5 Å². The molecule has 1 aromatic carbocycles. The van der Waals surface area contributed by atoms with E-state index in [0.29, 0.717) is 0 Å². The van der Waals surface area contributed by atoms with Crippen LogP contribution in [-0.4, -0.2) is 28.5 Å². The maximum Gasteiger partial charge on any atom is 0.306 e. The molecule has 1 N–H and O–H groups in total. The van der Waals surface area contributed by atoms with Crippen molar-refractivity contribution in [2.24, 2.45) is 5.92 Å². The minimum atomic E-state index is -0.663. The van der Waals surface area contributed by atoms with Gasteiger partial charge in [0.1, 0.15) is 5.00 Å². The Morgan fingerprint density at radius 1 is 1.33 bits per heavy atom. The first-order valence-electron chi connectivity index (χ1n) is 6.08. The monoisotopic (exact) mass is 262 g/mol. The van der Waals surface area contributed by atoms with Crippen LogP contribution in [0.1, 0.15) is 12.8 Å². The molecule has 3 rings (SSSR count). The fourth-order valence-corrected chi connectivity index (χ4v) is 3.35. The van der Waals surface area contributed by atoms with Crippen molar-refractivity contribution < 1.29 is 9.90 Å². The number of nitrogens with zero attached hydrogens (tertiary/aromatic N) is 2. The van der Waals surface area contributed by atoms with E-state index in [1.165, 1.54) is 21.9 Å². The largest absolute Gasteiger partial charge is 0.481 e. The Bertz CT molecular complexity index is 573. The summed E-state index contributed by atoms with van der Waals surface area (Å²) < 4.78 is 4.43. The summed E-state index contributed by atoms with van der Waals surface area (Å²) in [5.74, 6) is -0.843. The topological polar surface area (TPSA) is 53.4 Å². The van der Waals surface area contributed by atoms with Crippen LogP contribution in [0, 0.1) is 5.92 Å². The van der Waals surface area contributed by atoms with Gasteiger partial charge in [-0.15, -0.1) is 0 Å². The van der Waals surface area contributed by atoms with Crippen molar-refractivity contribution in [1.82, 2.24) is 4.37 Å². The smallest absolute Gasteiger partial charge is 0.306 e. The molecule has 1 aliphatic rings. The molecular weight excluding hydrogens is 248 g/mol. The highest BCUT2D eigenvalue weighted by Gasteiger charge is 2.26. The summed E-state index contributed by atoms with van der Waals surface area (Å²) in [6.45, 7) is 1.62. The van der Waals surface area contributed by atoms with E-state index in [1.807, 2.05) is 18.2 Å². The second-order valence-corrected chi connectivity index (χ2v) is 5.36. The van der Waals surface area contributed by atoms with Crippen molar-refractivity contribution in [3.63, 3.8) is 0 Å². The Morgan fingerprint density at radius 3 is 2.78 bits per heavy atom. The van der Waals surface area contributed by atoms with Gasteiger partial charge in [0.15, 0.2) is 0 Å². The number of anilines is 1. The number of carboxylic acids is 1. The van der Waals surface area contributed by atoms with Crippen molar-refractivity contribution in [1.29, 1.82) is 0 Å². The summed E-state index contributed by atoms with van der Waals surface area (Å²) >= 11 is 1.51. The molecule has 0 aliphatic carbocycles. The molecule has 5 heteroatoms. The molecule has 2 heterocycles. The van der Waals surface area contributed by atoms with Crippen LogP contribution in [0.25, 0.3) is 10.9 Å². The second kappa shape index (κ2) is 4.57. The molecule has 0 bridgehead atoms. The van der Waals surface area contributed by atoms with E-state index >= 15 is 0 Å². The number of aliphatic carboxylic acids is 1. The third kappa shape index (κ3) is 1.95.